The number of carbonyl (C=O) groups excluding carboxylic acids is 1. The van der Waals surface area contributed by atoms with Gasteiger partial charge in [-0.25, -0.2) is 8.42 Å². The number of nitrogens with one attached hydrogen (secondary N) is 2. The van der Waals surface area contributed by atoms with Crippen molar-refractivity contribution < 1.29 is 23.1 Å². The van der Waals surface area contributed by atoms with E-state index in [1.165, 1.54) is 13.0 Å². The van der Waals surface area contributed by atoms with Crippen LogP contribution in [0.3, 0.4) is 0 Å². The van der Waals surface area contributed by atoms with E-state index in [1.54, 1.807) is 6.07 Å². The Morgan fingerprint density at radius 3 is 2.59 bits per heavy atom. The van der Waals surface area contributed by atoms with Crippen molar-refractivity contribution >= 4 is 33.2 Å². The van der Waals surface area contributed by atoms with Crippen LogP contribution in [0.25, 0.3) is 0 Å². The van der Waals surface area contributed by atoms with Crippen LogP contribution >= 0.6 is 11.3 Å². The van der Waals surface area contributed by atoms with Crippen molar-refractivity contribution in [3.8, 4) is 0 Å². The summed E-state index contributed by atoms with van der Waals surface area (Å²) in [6, 6.07) is 1.87. The molecule has 0 aromatic carbocycles. The van der Waals surface area contributed by atoms with Crippen molar-refractivity contribution in [2.45, 2.75) is 49.9 Å². The summed E-state index contributed by atoms with van der Waals surface area (Å²) >= 11 is 1.00. The summed E-state index contributed by atoms with van der Waals surface area (Å²) in [4.78, 5) is 22.6. The van der Waals surface area contributed by atoms with Crippen LogP contribution in [0.15, 0.2) is 16.3 Å². The van der Waals surface area contributed by atoms with Gasteiger partial charge in [-0.2, -0.15) is 4.72 Å². The van der Waals surface area contributed by atoms with Crippen molar-refractivity contribution in [2.24, 2.45) is 0 Å². The maximum absolute atomic E-state index is 12.2. The van der Waals surface area contributed by atoms with Crippen LogP contribution in [0, 0.1) is 0 Å². The Morgan fingerprint density at radius 1 is 1.36 bits per heavy atom. The molecule has 0 saturated carbocycles. The highest BCUT2D eigenvalue weighted by molar-refractivity contribution is 7.91. The van der Waals surface area contributed by atoms with Gasteiger partial charge in [0.1, 0.15) is 10.3 Å². The van der Waals surface area contributed by atoms with Gasteiger partial charge < -0.3 is 10.4 Å². The van der Waals surface area contributed by atoms with Crippen molar-refractivity contribution in [2.75, 3.05) is 0 Å². The van der Waals surface area contributed by atoms with Crippen LogP contribution in [0.4, 0.5) is 0 Å². The Kier molecular flexibility index (Phi) is 6.98. The molecule has 3 N–H and O–H groups in total. The SMILES string of the molecule is CCCCC(NS(=O)(=O)c1ccc(CNC(C)=O)s1)C(=O)O. The number of unbranched alkanes of at least 4 members (excludes halogenated alkanes) is 1. The second-order valence-corrected chi connectivity index (χ2v) is 7.89. The van der Waals surface area contributed by atoms with Gasteiger partial charge in [0.15, 0.2) is 0 Å². The van der Waals surface area contributed by atoms with E-state index in [-0.39, 0.29) is 23.1 Å². The molecular formula is C13H20N2O5S2. The maximum atomic E-state index is 12.2. The summed E-state index contributed by atoms with van der Waals surface area (Å²) in [6.07, 6.45) is 1.65. The quantitative estimate of drug-likeness (QED) is 0.623. The first-order chi connectivity index (χ1) is 10.3. The standard InChI is InChI=1S/C13H20N2O5S2/c1-3-4-5-11(13(17)18)15-22(19,20)12-7-6-10(21-12)8-14-9(2)16/h6-7,11,15H,3-5,8H2,1-2H3,(H,14,16)(H,17,18). The fraction of sp³-hybridized carbons (Fsp3) is 0.538. The highest BCUT2D eigenvalue weighted by Crippen LogP contribution is 2.22. The van der Waals surface area contributed by atoms with E-state index < -0.39 is 22.0 Å². The summed E-state index contributed by atoms with van der Waals surface area (Å²) in [7, 11) is -3.88. The van der Waals surface area contributed by atoms with E-state index in [0.29, 0.717) is 11.3 Å². The first kappa shape index (κ1) is 18.6. The Hall–Kier alpha value is -1.45. The van der Waals surface area contributed by atoms with Gasteiger partial charge in [0.05, 0.1) is 6.54 Å². The zero-order chi connectivity index (χ0) is 16.8. The molecule has 1 atom stereocenters. The molecule has 1 aromatic heterocycles. The van der Waals surface area contributed by atoms with Crippen LogP contribution in [-0.2, 0) is 26.2 Å². The summed E-state index contributed by atoms with van der Waals surface area (Å²) in [6.45, 7) is 3.52. The molecule has 1 amide bonds. The molecule has 0 saturated heterocycles. The molecule has 0 spiro atoms. The van der Waals surface area contributed by atoms with E-state index >= 15 is 0 Å². The number of thiophene rings is 1. The lowest BCUT2D eigenvalue weighted by Gasteiger charge is -2.13. The van der Waals surface area contributed by atoms with Crippen LogP contribution in [0.2, 0.25) is 0 Å². The molecule has 0 aliphatic heterocycles. The van der Waals surface area contributed by atoms with Gasteiger partial charge in [-0.3, -0.25) is 9.59 Å². The molecule has 124 valence electrons. The van der Waals surface area contributed by atoms with Crippen molar-refractivity contribution in [1.29, 1.82) is 0 Å². The fourth-order valence-corrected chi connectivity index (χ4v) is 4.23. The minimum atomic E-state index is -3.88. The molecule has 9 heteroatoms. The van der Waals surface area contributed by atoms with Crippen molar-refractivity contribution in [3.05, 3.63) is 17.0 Å². The number of carboxylic acid groups (broad SMARTS) is 1. The van der Waals surface area contributed by atoms with Crippen LogP contribution in [0.5, 0.6) is 0 Å². The molecule has 1 rings (SSSR count). The lowest BCUT2D eigenvalue weighted by Crippen LogP contribution is -2.40. The van der Waals surface area contributed by atoms with Crippen molar-refractivity contribution in [3.63, 3.8) is 0 Å². The molecule has 1 unspecified atom stereocenters. The second kappa shape index (κ2) is 8.25. The minimum absolute atomic E-state index is 0.0376. The Morgan fingerprint density at radius 2 is 2.05 bits per heavy atom. The van der Waals surface area contributed by atoms with E-state index in [2.05, 4.69) is 10.0 Å². The Bertz CT molecular complexity index is 624. The topological polar surface area (TPSA) is 113 Å². The monoisotopic (exact) mass is 348 g/mol. The number of carbonyl (C=O) groups is 2. The lowest BCUT2D eigenvalue weighted by atomic mass is 10.1. The van der Waals surface area contributed by atoms with Gasteiger partial charge in [0.25, 0.3) is 10.0 Å². The number of hydrogen-bond acceptors (Lipinski definition) is 5. The number of rotatable bonds is 9. The number of amides is 1. The number of carboxylic acids is 1. The average molecular weight is 348 g/mol. The average Bonchev–Trinajstić information content (AvgIpc) is 2.90. The zero-order valence-corrected chi connectivity index (χ0v) is 14.1. The maximum Gasteiger partial charge on any atom is 0.321 e. The molecule has 0 aliphatic rings. The van der Waals surface area contributed by atoms with Gasteiger partial charge in [-0.05, 0) is 18.6 Å². The highest BCUT2D eigenvalue weighted by Gasteiger charge is 2.26. The molecule has 1 heterocycles. The third kappa shape index (κ3) is 5.74. The smallest absolute Gasteiger partial charge is 0.321 e. The minimum Gasteiger partial charge on any atom is -0.480 e. The van der Waals surface area contributed by atoms with E-state index in [4.69, 9.17) is 5.11 Å². The third-order valence-corrected chi connectivity index (χ3v) is 5.90. The summed E-state index contributed by atoms with van der Waals surface area (Å²) < 4.78 is 26.7. The van der Waals surface area contributed by atoms with E-state index in [0.717, 1.165) is 17.8 Å². The molecular weight excluding hydrogens is 328 g/mol. The molecule has 0 bridgehead atoms. The largest absolute Gasteiger partial charge is 0.480 e. The molecule has 0 radical (unpaired) electrons. The Labute approximate surface area is 133 Å². The van der Waals surface area contributed by atoms with Gasteiger partial charge in [0.2, 0.25) is 5.91 Å². The predicted octanol–water partition coefficient (Wildman–Crippen LogP) is 1.31. The van der Waals surface area contributed by atoms with Gasteiger partial charge >= 0.3 is 5.97 Å². The fourth-order valence-electron chi connectivity index (χ4n) is 1.70. The first-order valence-corrected chi connectivity index (χ1v) is 9.14. The van der Waals surface area contributed by atoms with Gasteiger partial charge in [-0.15, -0.1) is 11.3 Å². The van der Waals surface area contributed by atoms with E-state index in [9.17, 15) is 18.0 Å². The summed E-state index contributed by atoms with van der Waals surface area (Å²) in [5.41, 5.74) is 0. The molecule has 0 aliphatic carbocycles. The van der Waals surface area contributed by atoms with Crippen LogP contribution in [0.1, 0.15) is 38.0 Å². The number of hydrogen-bond donors (Lipinski definition) is 3. The van der Waals surface area contributed by atoms with E-state index in [1.807, 2.05) is 6.92 Å². The highest BCUT2D eigenvalue weighted by atomic mass is 32.2. The van der Waals surface area contributed by atoms with Crippen LogP contribution < -0.4 is 10.0 Å². The molecule has 1 aromatic rings. The number of aliphatic carboxylic acids is 1. The molecule has 0 fully saturated rings. The third-order valence-electron chi connectivity index (χ3n) is 2.86. The first-order valence-electron chi connectivity index (χ1n) is 6.84. The normalized spacial score (nSPS) is 12.8. The molecule has 7 nitrogen and oxygen atoms in total. The predicted molar refractivity (Wildman–Crippen MR) is 83.1 cm³/mol. The van der Waals surface area contributed by atoms with Gasteiger partial charge in [-0.1, -0.05) is 19.8 Å². The van der Waals surface area contributed by atoms with Crippen LogP contribution in [-0.4, -0.2) is 31.4 Å². The van der Waals surface area contributed by atoms with Crippen molar-refractivity contribution in [1.82, 2.24) is 10.0 Å². The zero-order valence-electron chi connectivity index (χ0n) is 12.5. The summed E-state index contributed by atoms with van der Waals surface area (Å²) in [5, 5.41) is 11.7. The Balaban J connectivity index is 2.80. The lowest BCUT2D eigenvalue weighted by molar-refractivity contribution is -0.139. The number of sulfonamides is 1. The molecule has 22 heavy (non-hydrogen) atoms. The summed E-state index contributed by atoms with van der Waals surface area (Å²) in [5.74, 6) is -1.39. The van der Waals surface area contributed by atoms with Gasteiger partial charge in [0, 0.05) is 11.8 Å². The second-order valence-electron chi connectivity index (χ2n) is 4.78.